The van der Waals surface area contributed by atoms with E-state index in [9.17, 15) is 9.59 Å². The zero-order valence-electron chi connectivity index (χ0n) is 22.3. The molecular weight excluding hydrogens is 472 g/mol. The molecule has 37 heavy (non-hydrogen) atoms. The van der Waals surface area contributed by atoms with Gasteiger partial charge in [0.2, 0.25) is 0 Å². The average Bonchev–Trinajstić information content (AvgIpc) is 3.29. The molecule has 1 amide bonds. The van der Waals surface area contributed by atoms with Crippen molar-refractivity contribution >= 4 is 18.2 Å². The number of fused-ring (bicyclic) bond motifs is 1. The summed E-state index contributed by atoms with van der Waals surface area (Å²) in [6, 6.07) is 5.64. The molecule has 1 aromatic carbocycles. The van der Waals surface area contributed by atoms with E-state index in [-0.39, 0.29) is 25.0 Å². The minimum atomic E-state index is -0.516. The molecule has 1 heterocycles. The first-order valence-electron chi connectivity index (χ1n) is 13.2. The first kappa shape index (κ1) is 26.9. The highest BCUT2D eigenvalue weighted by molar-refractivity contribution is 5.81. The number of anilines is 1. The minimum Gasteiger partial charge on any atom is -0.467 e. The number of amides is 1. The highest BCUT2D eigenvalue weighted by Gasteiger charge is 2.30. The van der Waals surface area contributed by atoms with Crippen molar-refractivity contribution in [3.63, 3.8) is 0 Å². The highest BCUT2D eigenvalue weighted by atomic mass is 16.7. The molecule has 9 heteroatoms. The van der Waals surface area contributed by atoms with E-state index < -0.39 is 5.60 Å². The molecule has 0 saturated heterocycles. The van der Waals surface area contributed by atoms with Gasteiger partial charge < -0.3 is 24.8 Å². The van der Waals surface area contributed by atoms with Crippen LogP contribution in [0, 0.1) is 0 Å². The van der Waals surface area contributed by atoms with E-state index in [4.69, 9.17) is 14.2 Å². The molecule has 200 valence electrons. The average molecular weight is 511 g/mol. The predicted octanol–water partition coefficient (Wildman–Crippen LogP) is 5.07. The number of benzene rings is 1. The van der Waals surface area contributed by atoms with Gasteiger partial charge in [-0.2, -0.15) is 0 Å². The molecule has 0 radical (unpaired) electrons. The van der Waals surface area contributed by atoms with Crippen LogP contribution in [0.25, 0.3) is 11.3 Å². The first-order chi connectivity index (χ1) is 17.8. The smallest absolute Gasteiger partial charge is 0.407 e. The van der Waals surface area contributed by atoms with Gasteiger partial charge in [0.15, 0.2) is 12.6 Å². The summed E-state index contributed by atoms with van der Waals surface area (Å²) in [5.74, 6) is 1.38. The Labute approximate surface area is 218 Å². The summed E-state index contributed by atoms with van der Waals surface area (Å²) in [6.45, 7) is 8.13. The molecule has 2 aromatic rings. The van der Waals surface area contributed by atoms with Crippen LogP contribution in [-0.4, -0.2) is 53.7 Å². The number of ether oxygens (including phenoxy) is 3. The molecule has 1 aromatic heterocycles. The Morgan fingerprint density at radius 1 is 1.11 bits per heavy atom. The van der Waals surface area contributed by atoms with Gasteiger partial charge in [0.25, 0.3) is 0 Å². The van der Waals surface area contributed by atoms with Crippen molar-refractivity contribution in [2.45, 2.75) is 90.3 Å². The van der Waals surface area contributed by atoms with Crippen molar-refractivity contribution < 1.29 is 23.8 Å². The quantitative estimate of drug-likeness (QED) is 0.273. The first-order valence-corrected chi connectivity index (χ1v) is 13.2. The maximum atomic E-state index is 12.2. The molecule has 0 aliphatic heterocycles. The number of rotatable bonds is 9. The number of aldehydes is 1. The normalized spacial score (nSPS) is 19.1. The number of nitrogens with zero attached hydrogens (tertiary/aromatic N) is 2. The topological polar surface area (TPSA) is 112 Å². The van der Waals surface area contributed by atoms with Crippen molar-refractivity contribution in [3.05, 3.63) is 34.9 Å². The summed E-state index contributed by atoms with van der Waals surface area (Å²) in [5, 5.41) is 15.9. The number of hydrogen-bond acceptors (Lipinski definition) is 8. The Bertz CT molecular complexity index is 1110. The lowest BCUT2D eigenvalue weighted by Gasteiger charge is -2.24. The molecule has 2 aliphatic rings. The third-order valence-electron chi connectivity index (χ3n) is 6.68. The molecule has 2 N–H and O–H groups in total. The largest absolute Gasteiger partial charge is 0.467 e. The number of carbonyl (C=O) groups is 2. The molecule has 1 fully saturated rings. The van der Waals surface area contributed by atoms with E-state index in [0.29, 0.717) is 17.9 Å². The van der Waals surface area contributed by atoms with Crippen LogP contribution in [0.15, 0.2) is 18.2 Å². The molecular formula is C28H38N4O5. The summed E-state index contributed by atoms with van der Waals surface area (Å²) >= 11 is 0. The van der Waals surface area contributed by atoms with Gasteiger partial charge in [-0.25, -0.2) is 4.79 Å². The van der Waals surface area contributed by atoms with Crippen LogP contribution in [0.5, 0.6) is 5.75 Å². The lowest BCUT2D eigenvalue weighted by atomic mass is 9.88. The standard InChI is InChI=1S/C28H38N4O5/c1-5-35-17-36-24-14-18(16-33)10-13-23(24)25-21-8-6-7-9-22(21)26(32-31-25)29-19-11-12-20(15-19)30-27(34)37-28(2,3)4/h10,13-14,16,19-20H,5-9,11-12,15,17H2,1-4H3,(H,29,32)(H,30,34)/t19-,20-/m0/s1. The Kier molecular flexibility index (Phi) is 8.63. The van der Waals surface area contributed by atoms with Gasteiger partial charge in [-0.1, -0.05) is 6.07 Å². The van der Waals surface area contributed by atoms with Crippen LogP contribution in [0.4, 0.5) is 10.6 Å². The van der Waals surface area contributed by atoms with E-state index in [1.807, 2.05) is 33.8 Å². The zero-order valence-corrected chi connectivity index (χ0v) is 22.3. The molecule has 1 saturated carbocycles. The van der Waals surface area contributed by atoms with Crippen LogP contribution >= 0.6 is 0 Å². The van der Waals surface area contributed by atoms with Gasteiger partial charge in [-0.05, 0) is 90.3 Å². The fourth-order valence-electron chi connectivity index (χ4n) is 5.01. The van der Waals surface area contributed by atoms with Gasteiger partial charge in [0, 0.05) is 35.4 Å². The Hall–Kier alpha value is -3.20. The Morgan fingerprint density at radius 3 is 2.59 bits per heavy atom. The third-order valence-corrected chi connectivity index (χ3v) is 6.68. The lowest BCUT2D eigenvalue weighted by Crippen LogP contribution is -2.38. The van der Waals surface area contributed by atoms with Crippen LogP contribution in [0.1, 0.15) is 81.3 Å². The van der Waals surface area contributed by atoms with E-state index in [0.717, 1.165) is 68.3 Å². The van der Waals surface area contributed by atoms with Gasteiger partial charge in [-0.15, -0.1) is 10.2 Å². The summed E-state index contributed by atoms with van der Waals surface area (Å²) in [6.07, 6.45) is 7.06. The fourth-order valence-corrected chi connectivity index (χ4v) is 5.01. The van der Waals surface area contributed by atoms with Gasteiger partial charge in [0.05, 0.1) is 0 Å². The van der Waals surface area contributed by atoms with Crippen LogP contribution in [0.2, 0.25) is 0 Å². The van der Waals surface area contributed by atoms with Crippen LogP contribution in [0.3, 0.4) is 0 Å². The summed E-state index contributed by atoms with van der Waals surface area (Å²) in [5.41, 5.74) is 3.98. The Morgan fingerprint density at radius 2 is 1.86 bits per heavy atom. The number of aromatic nitrogens is 2. The Balaban J connectivity index is 1.53. The van der Waals surface area contributed by atoms with Crippen LogP contribution in [-0.2, 0) is 22.3 Å². The predicted molar refractivity (Wildman–Crippen MR) is 141 cm³/mol. The van der Waals surface area contributed by atoms with Crippen LogP contribution < -0.4 is 15.4 Å². The van der Waals surface area contributed by atoms with Crippen molar-refractivity contribution in [3.8, 4) is 17.0 Å². The molecule has 4 rings (SSSR count). The van der Waals surface area contributed by atoms with E-state index in [1.54, 1.807) is 12.1 Å². The number of carbonyl (C=O) groups excluding carboxylic acids is 2. The van der Waals surface area contributed by atoms with Gasteiger partial charge >= 0.3 is 6.09 Å². The molecule has 2 atom stereocenters. The number of hydrogen-bond donors (Lipinski definition) is 2. The third kappa shape index (κ3) is 6.97. The summed E-state index contributed by atoms with van der Waals surface area (Å²) in [4.78, 5) is 23.5. The second-order valence-corrected chi connectivity index (χ2v) is 10.7. The maximum absolute atomic E-state index is 12.2. The second kappa shape index (κ2) is 11.9. The second-order valence-electron chi connectivity index (χ2n) is 10.7. The van der Waals surface area contributed by atoms with E-state index in [2.05, 4.69) is 20.8 Å². The van der Waals surface area contributed by atoms with E-state index in [1.165, 1.54) is 11.1 Å². The lowest BCUT2D eigenvalue weighted by molar-refractivity contribution is 0.0227. The molecule has 9 nitrogen and oxygen atoms in total. The van der Waals surface area contributed by atoms with Crippen molar-refractivity contribution in [1.82, 2.24) is 15.5 Å². The number of nitrogens with one attached hydrogen (secondary N) is 2. The SMILES string of the molecule is CCOCOc1cc(C=O)ccc1-c1nnc(N[C@H]2CC[C@H](NC(=O)OC(C)(C)C)C2)c2c1CCCC2. The van der Waals surface area contributed by atoms with Gasteiger partial charge in [-0.3, -0.25) is 4.79 Å². The summed E-state index contributed by atoms with van der Waals surface area (Å²) < 4.78 is 16.6. The molecule has 0 unspecified atom stereocenters. The monoisotopic (exact) mass is 510 g/mol. The molecule has 0 bridgehead atoms. The van der Waals surface area contributed by atoms with Crippen molar-refractivity contribution in [1.29, 1.82) is 0 Å². The zero-order chi connectivity index (χ0) is 26.4. The van der Waals surface area contributed by atoms with E-state index >= 15 is 0 Å². The van der Waals surface area contributed by atoms with Crippen molar-refractivity contribution in [2.75, 3.05) is 18.7 Å². The fraction of sp³-hybridized carbons (Fsp3) is 0.571. The van der Waals surface area contributed by atoms with Gasteiger partial charge in [0.1, 0.15) is 23.3 Å². The molecule has 2 aliphatic carbocycles. The highest BCUT2D eigenvalue weighted by Crippen LogP contribution is 2.38. The number of alkyl carbamates (subject to hydrolysis) is 1. The summed E-state index contributed by atoms with van der Waals surface area (Å²) in [7, 11) is 0. The maximum Gasteiger partial charge on any atom is 0.407 e. The minimum absolute atomic E-state index is 0.0665. The molecule has 0 spiro atoms. The van der Waals surface area contributed by atoms with Crippen molar-refractivity contribution in [2.24, 2.45) is 0 Å².